The number of alkyl halides is 1. The molecule has 80 valence electrons. The zero-order valence-electron chi connectivity index (χ0n) is 9.06. The normalized spacial score (nSPS) is 13.4. The van der Waals surface area contributed by atoms with E-state index in [4.69, 9.17) is 9.84 Å². The predicted molar refractivity (Wildman–Crippen MR) is 59.3 cm³/mol. The first-order valence-electron chi connectivity index (χ1n) is 4.58. The highest BCUT2D eigenvalue weighted by molar-refractivity contribution is 9.09. The van der Waals surface area contributed by atoms with Crippen molar-refractivity contribution in [2.45, 2.75) is 27.7 Å². The highest BCUT2D eigenvalue weighted by Gasteiger charge is 2.20. The Labute approximate surface area is 89.8 Å². The lowest BCUT2D eigenvalue weighted by molar-refractivity contribution is 0.000188. The molecule has 0 spiro atoms. The van der Waals surface area contributed by atoms with Gasteiger partial charge in [-0.25, -0.2) is 0 Å². The van der Waals surface area contributed by atoms with E-state index < -0.39 is 0 Å². The fraction of sp³-hybridized carbons (Fsp3) is 1.00. The molecule has 0 bridgehead atoms. The lowest BCUT2D eigenvalue weighted by Gasteiger charge is -2.26. The molecule has 0 aliphatic rings. The maximum Gasteiger partial charge on any atom is 0.0539 e. The van der Waals surface area contributed by atoms with Crippen molar-refractivity contribution in [3.05, 3.63) is 0 Å². The van der Waals surface area contributed by atoms with Gasteiger partial charge in [-0.05, 0) is 5.41 Å². The average molecular weight is 253 g/mol. The Morgan fingerprint density at radius 3 is 1.92 bits per heavy atom. The van der Waals surface area contributed by atoms with Crippen LogP contribution in [0.1, 0.15) is 27.7 Å². The summed E-state index contributed by atoms with van der Waals surface area (Å²) in [6.07, 6.45) is 0. The summed E-state index contributed by atoms with van der Waals surface area (Å²) >= 11 is 3.44. The molecule has 0 rings (SSSR count). The molecular formula is C10H21BrO2. The fourth-order valence-electron chi connectivity index (χ4n) is 0.688. The molecule has 1 N–H and O–H groups in total. The van der Waals surface area contributed by atoms with Gasteiger partial charge in [0.1, 0.15) is 0 Å². The second kappa shape index (κ2) is 5.32. The van der Waals surface area contributed by atoms with Crippen molar-refractivity contribution in [1.82, 2.24) is 0 Å². The van der Waals surface area contributed by atoms with Crippen molar-refractivity contribution in [3.63, 3.8) is 0 Å². The molecule has 0 fully saturated rings. The second-order valence-corrected chi connectivity index (χ2v) is 5.67. The Morgan fingerprint density at radius 2 is 1.54 bits per heavy atom. The molecule has 2 nitrogen and oxygen atoms in total. The number of hydrogen-bond donors (Lipinski definition) is 1. The molecule has 0 unspecified atom stereocenters. The maximum absolute atomic E-state index is 8.99. The summed E-state index contributed by atoms with van der Waals surface area (Å²) in [7, 11) is 0. The van der Waals surface area contributed by atoms with Gasteiger partial charge in [0.15, 0.2) is 0 Å². The number of aliphatic hydroxyl groups is 1. The van der Waals surface area contributed by atoms with Gasteiger partial charge < -0.3 is 9.84 Å². The first-order chi connectivity index (χ1) is 5.83. The van der Waals surface area contributed by atoms with Gasteiger partial charge in [-0.2, -0.15) is 0 Å². The maximum atomic E-state index is 8.99. The first kappa shape index (κ1) is 13.4. The Bertz CT molecular complexity index is 128. The summed E-state index contributed by atoms with van der Waals surface area (Å²) in [6.45, 7) is 9.78. The molecule has 0 heterocycles. The van der Waals surface area contributed by atoms with E-state index in [0.29, 0.717) is 6.61 Å². The summed E-state index contributed by atoms with van der Waals surface area (Å²) < 4.78 is 5.56. The molecule has 3 heteroatoms. The predicted octanol–water partition coefficient (Wildman–Crippen LogP) is 2.44. The van der Waals surface area contributed by atoms with Crippen molar-refractivity contribution >= 4 is 15.9 Å². The van der Waals surface area contributed by atoms with Crippen LogP contribution in [-0.2, 0) is 4.74 Å². The van der Waals surface area contributed by atoms with Crippen LogP contribution in [0.15, 0.2) is 0 Å². The number of ether oxygens (including phenoxy) is 1. The highest BCUT2D eigenvalue weighted by atomic mass is 79.9. The summed E-state index contributed by atoms with van der Waals surface area (Å²) in [5.41, 5.74) is 0.0495. The van der Waals surface area contributed by atoms with Gasteiger partial charge in [0.25, 0.3) is 0 Å². The van der Waals surface area contributed by atoms with E-state index >= 15 is 0 Å². The highest BCUT2D eigenvalue weighted by Crippen LogP contribution is 2.20. The molecule has 0 aromatic carbocycles. The minimum absolute atomic E-state index is 0.123. The van der Waals surface area contributed by atoms with Crippen LogP contribution in [0.2, 0.25) is 0 Å². The molecule has 0 aromatic heterocycles. The largest absolute Gasteiger partial charge is 0.396 e. The molecule has 0 saturated heterocycles. The lowest BCUT2D eigenvalue weighted by atomic mass is 9.95. The van der Waals surface area contributed by atoms with Gasteiger partial charge in [0.2, 0.25) is 0 Å². The van der Waals surface area contributed by atoms with E-state index in [9.17, 15) is 0 Å². The number of aliphatic hydroxyl groups excluding tert-OH is 1. The van der Waals surface area contributed by atoms with Crippen molar-refractivity contribution in [2.24, 2.45) is 10.8 Å². The third-order valence-corrected chi connectivity index (χ3v) is 3.29. The zero-order chi connectivity index (χ0) is 10.5. The Morgan fingerprint density at radius 1 is 1.08 bits per heavy atom. The van der Waals surface area contributed by atoms with Crippen molar-refractivity contribution in [3.8, 4) is 0 Å². The van der Waals surface area contributed by atoms with Crippen LogP contribution in [0.3, 0.4) is 0 Å². The van der Waals surface area contributed by atoms with E-state index in [1.807, 2.05) is 13.8 Å². The quantitative estimate of drug-likeness (QED) is 0.737. The fourth-order valence-corrected chi connectivity index (χ4v) is 0.850. The molecule has 0 atom stereocenters. The van der Waals surface area contributed by atoms with Crippen LogP contribution < -0.4 is 0 Å². The third-order valence-electron chi connectivity index (χ3n) is 1.78. The topological polar surface area (TPSA) is 29.5 Å². The van der Waals surface area contributed by atoms with Crippen LogP contribution >= 0.6 is 15.9 Å². The smallest absolute Gasteiger partial charge is 0.0539 e. The van der Waals surface area contributed by atoms with Gasteiger partial charge in [-0.3, -0.25) is 0 Å². The van der Waals surface area contributed by atoms with E-state index in [2.05, 4.69) is 29.8 Å². The Hall–Kier alpha value is 0.400. The second-order valence-electron chi connectivity index (χ2n) is 5.11. The molecule has 0 saturated carbocycles. The van der Waals surface area contributed by atoms with Crippen molar-refractivity contribution in [2.75, 3.05) is 25.2 Å². The summed E-state index contributed by atoms with van der Waals surface area (Å²) in [5, 5.41) is 9.92. The van der Waals surface area contributed by atoms with E-state index in [1.54, 1.807) is 0 Å². The van der Waals surface area contributed by atoms with Crippen molar-refractivity contribution < 1.29 is 9.84 Å². The standard InChI is InChI=1S/C10H21BrO2/c1-9(2,5-11)7-13-8-10(3,4)6-12/h12H,5-8H2,1-4H3. The SMILES string of the molecule is CC(C)(CO)COCC(C)(C)CBr. The van der Waals surface area contributed by atoms with E-state index in [0.717, 1.165) is 11.9 Å². The zero-order valence-corrected chi connectivity index (χ0v) is 10.6. The van der Waals surface area contributed by atoms with Crippen LogP contribution in [0.25, 0.3) is 0 Å². The molecule has 0 radical (unpaired) electrons. The van der Waals surface area contributed by atoms with Gasteiger partial charge in [0.05, 0.1) is 19.8 Å². The minimum atomic E-state index is -0.123. The van der Waals surface area contributed by atoms with Crippen LogP contribution in [0, 0.1) is 10.8 Å². The minimum Gasteiger partial charge on any atom is -0.396 e. The lowest BCUT2D eigenvalue weighted by Crippen LogP contribution is -2.28. The monoisotopic (exact) mass is 252 g/mol. The molecule has 0 aliphatic heterocycles. The van der Waals surface area contributed by atoms with Gasteiger partial charge in [0, 0.05) is 10.7 Å². The number of halogens is 1. The molecular weight excluding hydrogens is 232 g/mol. The van der Waals surface area contributed by atoms with Gasteiger partial charge in [-0.1, -0.05) is 43.6 Å². The van der Waals surface area contributed by atoms with Crippen LogP contribution in [-0.4, -0.2) is 30.3 Å². The molecule has 0 aliphatic carbocycles. The third kappa shape index (κ3) is 6.47. The summed E-state index contributed by atoms with van der Waals surface area (Å²) in [5.74, 6) is 0. The number of rotatable bonds is 6. The van der Waals surface area contributed by atoms with Gasteiger partial charge >= 0.3 is 0 Å². The van der Waals surface area contributed by atoms with Crippen molar-refractivity contribution in [1.29, 1.82) is 0 Å². The molecule has 0 amide bonds. The first-order valence-corrected chi connectivity index (χ1v) is 5.70. The average Bonchev–Trinajstić information content (AvgIpc) is 2.04. The molecule has 0 aromatic rings. The Kier molecular flexibility index (Phi) is 5.49. The van der Waals surface area contributed by atoms with Gasteiger partial charge in [-0.15, -0.1) is 0 Å². The summed E-state index contributed by atoms with van der Waals surface area (Å²) in [6, 6.07) is 0. The van der Waals surface area contributed by atoms with Crippen LogP contribution in [0.5, 0.6) is 0 Å². The molecule has 13 heavy (non-hydrogen) atoms. The van der Waals surface area contributed by atoms with Crippen LogP contribution in [0.4, 0.5) is 0 Å². The van der Waals surface area contributed by atoms with E-state index in [-0.39, 0.29) is 17.4 Å². The number of hydrogen-bond acceptors (Lipinski definition) is 2. The summed E-state index contributed by atoms with van der Waals surface area (Å²) in [4.78, 5) is 0. The van der Waals surface area contributed by atoms with E-state index in [1.165, 1.54) is 0 Å². The Balaban J connectivity index is 3.68.